The zero-order valence-corrected chi connectivity index (χ0v) is 14.3. The lowest BCUT2D eigenvalue weighted by atomic mass is 9.80. The molecule has 1 fully saturated rings. The van der Waals surface area contributed by atoms with E-state index in [0.717, 1.165) is 44.5 Å². The average molecular weight is 319 g/mol. The Morgan fingerprint density at radius 2 is 1.91 bits per heavy atom. The van der Waals surface area contributed by atoms with Crippen LogP contribution >= 0.6 is 0 Å². The van der Waals surface area contributed by atoms with Crippen LogP contribution in [0, 0.1) is 0 Å². The molecule has 0 spiro atoms. The van der Waals surface area contributed by atoms with Crippen molar-refractivity contribution in [3.63, 3.8) is 0 Å². The molecule has 0 heterocycles. The highest BCUT2D eigenvalue weighted by Crippen LogP contribution is 2.30. The quantitative estimate of drug-likeness (QED) is 0.688. The van der Waals surface area contributed by atoms with Crippen LogP contribution in [0.1, 0.15) is 44.2 Å². The molecule has 3 N–H and O–H groups in total. The van der Waals surface area contributed by atoms with Crippen LogP contribution < -0.4 is 10.6 Å². The van der Waals surface area contributed by atoms with E-state index in [4.69, 9.17) is 0 Å². The SMILES string of the molecule is CCN(CC)Cc1cccc(CNC(=O)NCC2(O)CCC2)c1. The number of hydrogen-bond donors (Lipinski definition) is 3. The average Bonchev–Trinajstić information content (AvgIpc) is 2.54. The van der Waals surface area contributed by atoms with Crippen molar-refractivity contribution in [1.82, 2.24) is 15.5 Å². The summed E-state index contributed by atoms with van der Waals surface area (Å²) < 4.78 is 0. The number of benzene rings is 1. The topological polar surface area (TPSA) is 64.6 Å². The third kappa shape index (κ3) is 5.52. The van der Waals surface area contributed by atoms with Gasteiger partial charge in [-0.1, -0.05) is 38.1 Å². The van der Waals surface area contributed by atoms with E-state index >= 15 is 0 Å². The number of hydrogen-bond acceptors (Lipinski definition) is 3. The maximum absolute atomic E-state index is 11.8. The van der Waals surface area contributed by atoms with Gasteiger partial charge in [0, 0.05) is 19.6 Å². The minimum atomic E-state index is -0.680. The largest absolute Gasteiger partial charge is 0.388 e. The molecule has 0 aromatic heterocycles. The highest BCUT2D eigenvalue weighted by atomic mass is 16.3. The molecule has 1 aliphatic carbocycles. The predicted molar refractivity (Wildman–Crippen MR) is 92.1 cm³/mol. The summed E-state index contributed by atoms with van der Waals surface area (Å²) in [5, 5.41) is 15.6. The van der Waals surface area contributed by atoms with Crippen LogP contribution in [0.15, 0.2) is 24.3 Å². The number of rotatable bonds is 8. The molecule has 5 heteroatoms. The van der Waals surface area contributed by atoms with Gasteiger partial charge < -0.3 is 15.7 Å². The molecule has 0 saturated heterocycles. The zero-order valence-electron chi connectivity index (χ0n) is 14.3. The number of urea groups is 1. The highest BCUT2D eigenvalue weighted by Gasteiger charge is 2.34. The van der Waals surface area contributed by atoms with E-state index in [2.05, 4.69) is 41.5 Å². The van der Waals surface area contributed by atoms with E-state index < -0.39 is 5.60 Å². The Morgan fingerprint density at radius 1 is 1.22 bits per heavy atom. The first-order valence-corrected chi connectivity index (χ1v) is 8.59. The summed E-state index contributed by atoms with van der Waals surface area (Å²) in [6.45, 7) is 8.15. The van der Waals surface area contributed by atoms with Crippen molar-refractivity contribution in [2.24, 2.45) is 0 Å². The molecule has 2 rings (SSSR count). The molecule has 0 bridgehead atoms. The van der Waals surface area contributed by atoms with Crippen LogP contribution in [0.25, 0.3) is 0 Å². The molecule has 1 saturated carbocycles. The van der Waals surface area contributed by atoms with Gasteiger partial charge in [-0.15, -0.1) is 0 Å². The van der Waals surface area contributed by atoms with E-state index in [0.29, 0.717) is 13.1 Å². The van der Waals surface area contributed by atoms with Crippen molar-refractivity contribution in [1.29, 1.82) is 0 Å². The van der Waals surface area contributed by atoms with Crippen molar-refractivity contribution < 1.29 is 9.90 Å². The molecule has 1 aromatic carbocycles. The fourth-order valence-corrected chi connectivity index (χ4v) is 2.79. The summed E-state index contributed by atoms with van der Waals surface area (Å²) in [5.74, 6) is 0. The Hall–Kier alpha value is -1.59. The van der Waals surface area contributed by atoms with Gasteiger partial charge in [0.1, 0.15) is 0 Å². The molecule has 0 unspecified atom stereocenters. The number of carbonyl (C=O) groups excluding carboxylic acids is 1. The Labute approximate surface area is 139 Å². The molecule has 1 aliphatic rings. The number of aliphatic hydroxyl groups is 1. The van der Waals surface area contributed by atoms with Gasteiger partial charge in [-0.25, -0.2) is 4.79 Å². The van der Waals surface area contributed by atoms with Gasteiger partial charge in [0.25, 0.3) is 0 Å². The van der Waals surface area contributed by atoms with Crippen LogP contribution in [0.2, 0.25) is 0 Å². The summed E-state index contributed by atoms with van der Waals surface area (Å²) in [4.78, 5) is 14.2. The minimum absolute atomic E-state index is 0.223. The van der Waals surface area contributed by atoms with E-state index in [1.807, 2.05) is 12.1 Å². The normalized spacial score (nSPS) is 16.0. The maximum Gasteiger partial charge on any atom is 0.315 e. The Bertz CT molecular complexity index is 511. The van der Waals surface area contributed by atoms with Gasteiger partial charge in [0.05, 0.1) is 5.60 Å². The Morgan fingerprint density at radius 3 is 2.52 bits per heavy atom. The van der Waals surface area contributed by atoms with Crippen molar-refractivity contribution in [3.8, 4) is 0 Å². The third-order valence-corrected chi connectivity index (χ3v) is 4.61. The van der Waals surface area contributed by atoms with Crippen LogP contribution in [0.5, 0.6) is 0 Å². The number of amides is 2. The van der Waals surface area contributed by atoms with Crippen LogP contribution in [-0.2, 0) is 13.1 Å². The van der Waals surface area contributed by atoms with Crippen molar-refractivity contribution in [2.75, 3.05) is 19.6 Å². The molecule has 0 aliphatic heterocycles. The first-order chi connectivity index (χ1) is 11.0. The monoisotopic (exact) mass is 319 g/mol. The molecular weight excluding hydrogens is 290 g/mol. The van der Waals surface area contributed by atoms with Gasteiger partial charge in [-0.3, -0.25) is 4.90 Å². The molecule has 0 radical (unpaired) electrons. The van der Waals surface area contributed by atoms with Crippen molar-refractivity contribution >= 4 is 6.03 Å². The summed E-state index contributed by atoms with van der Waals surface area (Å²) in [6, 6.07) is 8.09. The van der Waals surface area contributed by atoms with Gasteiger partial charge in [0.2, 0.25) is 0 Å². The van der Waals surface area contributed by atoms with Crippen LogP contribution in [0.3, 0.4) is 0 Å². The number of carbonyl (C=O) groups is 1. The third-order valence-electron chi connectivity index (χ3n) is 4.61. The first kappa shape index (κ1) is 17.8. The summed E-state index contributed by atoms with van der Waals surface area (Å²) in [5.41, 5.74) is 1.67. The molecule has 5 nitrogen and oxygen atoms in total. The zero-order chi connectivity index (χ0) is 16.7. The Kier molecular flexibility index (Phi) is 6.42. The van der Waals surface area contributed by atoms with Crippen molar-refractivity contribution in [2.45, 2.75) is 51.8 Å². The second-order valence-electron chi connectivity index (χ2n) is 6.40. The molecule has 23 heavy (non-hydrogen) atoms. The number of nitrogens with one attached hydrogen (secondary N) is 2. The van der Waals surface area contributed by atoms with Crippen molar-refractivity contribution in [3.05, 3.63) is 35.4 Å². The summed E-state index contributed by atoms with van der Waals surface area (Å²) >= 11 is 0. The standard InChI is InChI=1S/C18H29N3O2/c1-3-21(4-2)13-16-8-5-7-15(11-16)12-19-17(22)20-14-18(23)9-6-10-18/h5,7-8,11,23H,3-4,6,9-10,12-14H2,1-2H3,(H2,19,20,22). The maximum atomic E-state index is 11.8. The van der Waals surface area contributed by atoms with E-state index in [-0.39, 0.29) is 6.03 Å². The molecule has 1 aromatic rings. The second-order valence-corrected chi connectivity index (χ2v) is 6.40. The summed E-state index contributed by atoms with van der Waals surface area (Å²) in [7, 11) is 0. The van der Waals surface area contributed by atoms with Gasteiger partial charge in [-0.05, 0) is 43.5 Å². The first-order valence-electron chi connectivity index (χ1n) is 8.59. The number of nitrogens with zero attached hydrogens (tertiary/aromatic N) is 1. The van der Waals surface area contributed by atoms with E-state index in [1.165, 1.54) is 5.56 Å². The van der Waals surface area contributed by atoms with Crippen LogP contribution in [-0.4, -0.2) is 41.3 Å². The molecular formula is C18H29N3O2. The summed E-state index contributed by atoms with van der Waals surface area (Å²) in [6.07, 6.45) is 2.60. The fourth-order valence-electron chi connectivity index (χ4n) is 2.79. The second kappa shape index (κ2) is 8.31. The fraction of sp³-hybridized carbons (Fsp3) is 0.611. The van der Waals surface area contributed by atoms with Gasteiger partial charge in [-0.2, -0.15) is 0 Å². The van der Waals surface area contributed by atoms with E-state index in [1.54, 1.807) is 0 Å². The minimum Gasteiger partial charge on any atom is -0.388 e. The van der Waals surface area contributed by atoms with Gasteiger partial charge >= 0.3 is 6.03 Å². The lowest BCUT2D eigenvalue weighted by Crippen LogP contribution is -2.49. The lowest BCUT2D eigenvalue weighted by Gasteiger charge is -2.36. The highest BCUT2D eigenvalue weighted by molar-refractivity contribution is 5.73. The smallest absolute Gasteiger partial charge is 0.315 e. The molecule has 2 amide bonds. The van der Waals surface area contributed by atoms with Crippen LogP contribution in [0.4, 0.5) is 4.79 Å². The predicted octanol–water partition coefficient (Wildman–Crippen LogP) is 2.24. The molecule has 0 atom stereocenters. The van der Waals surface area contributed by atoms with E-state index in [9.17, 15) is 9.90 Å². The molecule has 128 valence electrons. The Balaban J connectivity index is 1.77. The van der Waals surface area contributed by atoms with Gasteiger partial charge in [0.15, 0.2) is 0 Å². The lowest BCUT2D eigenvalue weighted by molar-refractivity contribution is -0.0290.